The Labute approximate surface area is 131 Å². The van der Waals surface area contributed by atoms with Gasteiger partial charge in [-0.2, -0.15) is 0 Å². The fourth-order valence-electron chi connectivity index (χ4n) is 2.69. The lowest BCUT2D eigenvalue weighted by Gasteiger charge is -2.28. The topological polar surface area (TPSA) is 47.0 Å². The predicted molar refractivity (Wildman–Crippen MR) is 90.3 cm³/mol. The van der Waals surface area contributed by atoms with Crippen molar-refractivity contribution in [3.63, 3.8) is 0 Å². The Morgan fingerprint density at radius 2 is 1.81 bits per heavy atom. The molecular weight excluding hydrogens is 282 g/mol. The first-order chi connectivity index (χ1) is 10.0. The van der Waals surface area contributed by atoms with Crippen molar-refractivity contribution in [1.82, 2.24) is 9.97 Å². The van der Waals surface area contributed by atoms with Crippen molar-refractivity contribution in [2.24, 2.45) is 0 Å². The van der Waals surface area contributed by atoms with E-state index in [1.165, 1.54) is 10.4 Å². The zero-order chi connectivity index (χ0) is 15.6. The van der Waals surface area contributed by atoms with Gasteiger partial charge in [-0.15, -0.1) is 11.3 Å². The summed E-state index contributed by atoms with van der Waals surface area (Å²) in [6, 6.07) is 0. The van der Waals surface area contributed by atoms with Gasteiger partial charge in [0, 0.05) is 18.5 Å². The van der Waals surface area contributed by atoms with Crippen molar-refractivity contribution in [1.29, 1.82) is 0 Å². The van der Waals surface area contributed by atoms with Crippen LogP contribution in [-0.2, 0) is 10.3 Å². The van der Waals surface area contributed by atoms with Crippen LogP contribution in [0.1, 0.15) is 49.9 Å². The molecule has 2 aromatic rings. The second kappa shape index (κ2) is 6.28. The molecule has 0 atom stereocenters. The van der Waals surface area contributed by atoms with E-state index in [4.69, 9.17) is 14.7 Å². The highest BCUT2D eigenvalue weighted by atomic mass is 32.1. The summed E-state index contributed by atoms with van der Waals surface area (Å²) in [7, 11) is 1.75. The Bertz CT molecular complexity index is 624. The number of thiophene rings is 1. The van der Waals surface area contributed by atoms with Crippen molar-refractivity contribution >= 4 is 27.4 Å². The van der Waals surface area contributed by atoms with Crippen LogP contribution in [0.5, 0.6) is 0 Å². The third kappa shape index (κ3) is 2.64. The third-order valence-corrected chi connectivity index (χ3v) is 5.41. The van der Waals surface area contributed by atoms with Gasteiger partial charge < -0.3 is 10.1 Å². The van der Waals surface area contributed by atoms with Gasteiger partial charge in [0.05, 0.1) is 5.39 Å². The number of anilines is 1. The molecule has 0 aliphatic rings. The molecular formula is C16H25N3OS. The van der Waals surface area contributed by atoms with E-state index in [-0.39, 0.29) is 0 Å². The summed E-state index contributed by atoms with van der Waals surface area (Å²) in [6.07, 6.45) is 1.72. The Balaban J connectivity index is 2.72. The van der Waals surface area contributed by atoms with Gasteiger partial charge in [-0.1, -0.05) is 13.8 Å². The molecule has 0 unspecified atom stereocenters. The monoisotopic (exact) mass is 307 g/mol. The van der Waals surface area contributed by atoms with E-state index in [1.807, 2.05) is 0 Å². The molecule has 0 amide bonds. The van der Waals surface area contributed by atoms with Crippen molar-refractivity contribution in [2.75, 3.05) is 19.0 Å². The minimum atomic E-state index is -0.399. The first-order valence-corrected chi connectivity index (χ1v) is 8.41. The standard InChI is InChI=1S/C16H25N3OS/c1-7-16(8-2,20-6)15-18-13(17-9-3)12-10(4)11(5)21-14(12)19-15/h7-9H2,1-6H3,(H,17,18,19). The molecule has 0 fully saturated rings. The van der Waals surface area contributed by atoms with Crippen LogP contribution in [0.4, 0.5) is 5.82 Å². The molecule has 0 aliphatic heterocycles. The highest BCUT2D eigenvalue weighted by Gasteiger charge is 2.32. The summed E-state index contributed by atoms with van der Waals surface area (Å²) in [5.41, 5.74) is 0.873. The van der Waals surface area contributed by atoms with Crippen molar-refractivity contribution < 1.29 is 4.74 Å². The maximum Gasteiger partial charge on any atom is 0.164 e. The summed E-state index contributed by atoms with van der Waals surface area (Å²) >= 11 is 1.73. The summed E-state index contributed by atoms with van der Waals surface area (Å²) in [5, 5.41) is 4.54. The fourth-order valence-corrected chi connectivity index (χ4v) is 3.72. The zero-order valence-corrected chi connectivity index (χ0v) is 14.6. The van der Waals surface area contributed by atoms with Gasteiger partial charge in [-0.05, 0) is 39.2 Å². The van der Waals surface area contributed by atoms with E-state index in [2.05, 4.69) is 39.9 Å². The van der Waals surface area contributed by atoms with Crippen molar-refractivity contribution in [2.45, 2.75) is 53.1 Å². The number of aryl methyl sites for hydroxylation is 2. The van der Waals surface area contributed by atoms with Gasteiger partial charge in [-0.25, -0.2) is 9.97 Å². The number of hydrogen-bond donors (Lipinski definition) is 1. The number of nitrogens with zero attached hydrogens (tertiary/aromatic N) is 2. The number of nitrogens with one attached hydrogen (secondary N) is 1. The Morgan fingerprint density at radius 1 is 1.14 bits per heavy atom. The van der Waals surface area contributed by atoms with Gasteiger partial charge in [0.15, 0.2) is 5.82 Å². The Morgan fingerprint density at radius 3 is 2.33 bits per heavy atom. The van der Waals surface area contributed by atoms with E-state index in [1.54, 1.807) is 18.4 Å². The Kier molecular flexibility index (Phi) is 4.84. The quantitative estimate of drug-likeness (QED) is 0.859. The van der Waals surface area contributed by atoms with Crippen LogP contribution >= 0.6 is 11.3 Å². The Hall–Kier alpha value is -1.20. The average molecular weight is 307 g/mol. The molecule has 0 saturated carbocycles. The summed E-state index contributed by atoms with van der Waals surface area (Å²) in [6.45, 7) is 11.5. The lowest BCUT2D eigenvalue weighted by molar-refractivity contribution is -0.0287. The molecule has 4 nitrogen and oxygen atoms in total. The first-order valence-electron chi connectivity index (χ1n) is 7.60. The number of fused-ring (bicyclic) bond motifs is 1. The van der Waals surface area contributed by atoms with E-state index < -0.39 is 5.60 Å². The van der Waals surface area contributed by atoms with Crippen LogP contribution in [0.15, 0.2) is 0 Å². The SMILES string of the molecule is CCNc1nc(C(CC)(CC)OC)nc2sc(C)c(C)c12. The molecule has 0 aliphatic carbocycles. The number of methoxy groups -OCH3 is 1. The molecule has 2 heterocycles. The number of hydrogen-bond acceptors (Lipinski definition) is 5. The molecule has 2 rings (SSSR count). The van der Waals surface area contributed by atoms with Crippen LogP contribution < -0.4 is 5.32 Å². The van der Waals surface area contributed by atoms with E-state index >= 15 is 0 Å². The number of ether oxygens (including phenoxy) is 1. The van der Waals surface area contributed by atoms with Gasteiger partial charge in [0.25, 0.3) is 0 Å². The molecule has 5 heteroatoms. The molecule has 21 heavy (non-hydrogen) atoms. The molecule has 0 spiro atoms. The fraction of sp³-hybridized carbons (Fsp3) is 0.625. The van der Waals surface area contributed by atoms with Crippen molar-refractivity contribution in [3.8, 4) is 0 Å². The van der Waals surface area contributed by atoms with Crippen LogP contribution in [0, 0.1) is 13.8 Å². The average Bonchev–Trinajstić information content (AvgIpc) is 2.77. The lowest BCUT2D eigenvalue weighted by atomic mass is 9.96. The van der Waals surface area contributed by atoms with Crippen LogP contribution in [0.2, 0.25) is 0 Å². The molecule has 0 bridgehead atoms. The zero-order valence-electron chi connectivity index (χ0n) is 13.8. The van der Waals surface area contributed by atoms with Gasteiger partial charge in [0.2, 0.25) is 0 Å². The smallest absolute Gasteiger partial charge is 0.164 e. The second-order valence-corrected chi connectivity index (χ2v) is 6.50. The third-order valence-electron chi connectivity index (χ3n) is 4.31. The summed E-state index contributed by atoms with van der Waals surface area (Å²) < 4.78 is 5.79. The largest absolute Gasteiger partial charge is 0.370 e. The van der Waals surface area contributed by atoms with Crippen LogP contribution in [0.3, 0.4) is 0 Å². The second-order valence-electron chi connectivity index (χ2n) is 5.30. The van der Waals surface area contributed by atoms with Gasteiger partial charge in [0.1, 0.15) is 16.2 Å². The number of rotatable bonds is 6. The minimum absolute atomic E-state index is 0.399. The highest BCUT2D eigenvalue weighted by Crippen LogP contribution is 2.37. The molecule has 1 N–H and O–H groups in total. The van der Waals surface area contributed by atoms with E-state index in [0.29, 0.717) is 0 Å². The summed E-state index contributed by atoms with van der Waals surface area (Å²) in [5.74, 6) is 1.72. The number of aromatic nitrogens is 2. The van der Waals surface area contributed by atoms with Gasteiger partial charge >= 0.3 is 0 Å². The molecule has 0 saturated heterocycles. The maximum absolute atomic E-state index is 5.79. The molecule has 0 radical (unpaired) electrons. The lowest BCUT2D eigenvalue weighted by Crippen LogP contribution is -2.29. The van der Waals surface area contributed by atoms with Crippen molar-refractivity contribution in [3.05, 3.63) is 16.3 Å². The molecule has 116 valence electrons. The normalized spacial score (nSPS) is 12.1. The predicted octanol–water partition coefficient (Wildman–Crippen LogP) is 4.40. The van der Waals surface area contributed by atoms with Gasteiger partial charge in [-0.3, -0.25) is 0 Å². The first kappa shape index (κ1) is 16.2. The highest BCUT2D eigenvalue weighted by molar-refractivity contribution is 7.18. The summed E-state index contributed by atoms with van der Waals surface area (Å²) in [4.78, 5) is 12.0. The van der Waals surface area contributed by atoms with Crippen LogP contribution in [-0.4, -0.2) is 23.6 Å². The van der Waals surface area contributed by atoms with E-state index in [9.17, 15) is 0 Å². The minimum Gasteiger partial charge on any atom is -0.370 e. The van der Waals surface area contributed by atoms with E-state index in [0.717, 1.165) is 41.2 Å². The van der Waals surface area contributed by atoms with Crippen LogP contribution in [0.25, 0.3) is 10.2 Å². The maximum atomic E-state index is 5.79. The molecule has 0 aromatic carbocycles. The molecule has 2 aromatic heterocycles.